The number of amides is 1. The Morgan fingerprint density at radius 3 is 3.00 bits per heavy atom. The third kappa shape index (κ3) is 2.75. The molecular formula is C14H14N2O3S2. The molecule has 3 rings (SSSR count). The predicted molar refractivity (Wildman–Crippen MR) is 83.9 cm³/mol. The maximum atomic E-state index is 11.8. The van der Waals surface area contributed by atoms with Gasteiger partial charge >= 0.3 is 0 Å². The summed E-state index contributed by atoms with van der Waals surface area (Å²) in [5.74, 6) is 0.360. The van der Waals surface area contributed by atoms with Gasteiger partial charge in [0.25, 0.3) is 6.47 Å². The summed E-state index contributed by atoms with van der Waals surface area (Å²) in [6.07, 6.45) is 2.05. The Hall–Kier alpha value is -1.60. The minimum Gasteiger partial charge on any atom is -0.446 e. The molecule has 5 nitrogen and oxygen atoms in total. The number of rotatable bonds is 4. The van der Waals surface area contributed by atoms with E-state index in [0.29, 0.717) is 12.2 Å². The van der Waals surface area contributed by atoms with E-state index in [2.05, 4.69) is 17.0 Å². The van der Waals surface area contributed by atoms with Crippen molar-refractivity contribution in [2.24, 2.45) is 0 Å². The van der Waals surface area contributed by atoms with Crippen molar-refractivity contribution in [2.45, 2.75) is 10.3 Å². The summed E-state index contributed by atoms with van der Waals surface area (Å²) < 4.78 is 4.72. The van der Waals surface area contributed by atoms with Crippen LogP contribution in [0.1, 0.15) is 0 Å². The molecule has 21 heavy (non-hydrogen) atoms. The van der Waals surface area contributed by atoms with Crippen LogP contribution >= 0.6 is 23.5 Å². The van der Waals surface area contributed by atoms with Gasteiger partial charge in [-0.05, 0) is 18.2 Å². The van der Waals surface area contributed by atoms with Crippen molar-refractivity contribution >= 4 is 41.6 Å². The van der Waals surface area contributed by atoms with E-state index in [4.69, 9.17) is 4.74 Å². The fraction of sp³-hybridized carbons (Fsp3) is 0.286. The molecule has 2 aliphatic heterocycles. The third-order valence-corrected chi connectivity index (χ3v) is 5.68. The number of fused-ring (bicyclic) bond motifs is 1. The number of anilines is 1. The molecule has 2 aliphatic rings. The second-order valence-electron chi connectivity index (χ2n) is 4.59. The number of ether oxygens (including phenoxy) is 1. The minimum absolute atomic E-state index is 0.0186. The lowest BCUT2D eigenvalue weighted by Crippen LogP contribution is -2.29. The lowest BCUT2D eigenvalue weighted by Gasteiger charge is -2.21. The largest absolute Gasteiger partial charge is 0.446 e. The van der Waals surface area contributed by atoms with E-state index in [9.17, 15) is 9.59 Å². The van der Waals surface area contributed by atoms with Crippen LogP contribution in [0.2, 0.25) is 0 Å². The van der Waals surface area contributed by atoms with Gasteiger partial charge in [0, 0.05) is 11.9 Å². The molecule has 1 saturated heterocycles. The Balaban J connectivity index is 1.79. The Bertz CT molecular complexity index is 606. The van der Waals surface area contributed by atoms with Crippen LogP contribution in [0.15, 0.2) is 40.3 Å². The molecule has 0 aliphatic carbocycles. The zero-order valence-corrected chi connectivity index (χ0v) is 13.0. The number of thioether (sulfide) groups is 2. The Kier molecular flexibility index (Phi) is 4.12. The maximum absolute atomic E-state index is 11.8. The molecule has 0 bridgehead atoms. The summed E-state index contributed by atoms with van der Waals surface area (Å²) in [6.45, 7) is 0.343. The summed E-state index contributed by atoms with van der Waals surface area (Å²) in [5, 5.41) is 0.980. The molecule has 1 atom stereocenters. The van der Waals surface area contributed by atoms with E-state index < -0.39 is 0 Å². The first-order valence-corrected chi connectivity index (χ1v) is 8.26. The highest BCUT2D eigenvalue weighted by molar-refractivity contribution is 8.04. The summed E-state index contributed by atoms with van der Waals surface area (Å²) in [4.78, 5) is 27.0. The summed E-state index contributed by atoms with van der Waals surface area (Å²) in [5.41, 5.74) is 1.19. The molecule has 1 amide bonds. The van der Waals surface area contributed by atoms with Gasteiger partial charge in [0.05, 0.1) is 16.5 Å². The molecule has 1 fully saturated rings. The number of para-hydroxylation sites is 1. The molecule has 1 unspecified atom stereocenters. The van der Waals surface area contributed by atoms with E-state index in [1.165, 1.54) is 27.2 Å². The number of likely N-dealkylation sites (N-methyl/N-ethyl adjacent to an activating group) is 1. The molecule has 7 heteroatoms. The fourth-order valence-corrected chi connectivity index (χ4v) is 4.52. The van der Waals surface area contributed by atoms with Gasteiger partial charge in [0.1, 0.15) is 5.37 Å². The smallest absolute Gasteiger partial charge is 0.294 e. The monoisotopic (exact) mass is 322 g/mol. The van der Waals surface area contributed by atoms with Crippen LogP contribution in [0.5, 0.6) is 0 Å². The minimum atomic E-state index is -0.0312. The van der Waals surface area contributed by atoms with Crippen LogP contribution in [0.3, 0.4) is 0 Å². The van der Waals surface area contributed by atoms with E-state index >= 15 is 0 Å². The van der Waals surface area contributed by atoms with Gasteiger partial charge in [0.2, 0.25) is 5.91 Å². The molecular weight excluding hydrogens is 308 g/mol. The number of hydrogen-bond acceptors (Lipinski definition) is 6. The summed E-state index contributed by atoms with van der Waals surface area (Å²) >= 11 is 3.22. The zero-order valence-electron chi connectivity index (χ0n) is 11.4. The molecule has 0 saturated carbocycles. The quantitative estimate of drug-likeness (QED) is 0.791. The SMILES string of the molecule is CN1c2ccccc2SC1C=C1SCC(=O)N1COC=O. The second kappa shape index (κ2) is 6.03. The van der Waals surface area contributed by atoms with Crippen LogP contribution in [-0.2, 0) is 14.3 Å². The maximum Gasteiger partial charge on any atom is 0.294 e. The second-order valence-corrected chi connectivity index (χ2v) is 6.75. The average Bonchev–Trinajstić information content (AvgIpc) is 2.99. The van der Waals surface area contributed by atoms with Gasteiger partial charge in [-0.3, -0.25) is 14.5 Å². The van der Waals surface area contributed by atoms with E-state index in [1.54, 1.807) is 11.8 Å². The standard InChI is InChI=1S/C14H14N2O3S2/c1-15-10-4-2-3-5-11(10)21-13(15)6-14-16(8-19-9-17)12(18)7-20-14/h2-6,9,13H,7-8H2,1H3. The van der Waals surface area contributed by atoms with Gasteiger partial charge in [0.15, 0.2) is 6.73 Å². The van der Waals surface area contributed by atoms with E-state index in [0.717, 1.165) is 5.03 Å². The number of carbonyl (C=O) groups is 2. The Morgan fingerprint density at radius 1 is 1.43 bits per heavy atom. The highest BCUT2D eigenvalue weighted by atomic mass is 32.2. The Morgan fingerprint density at radius 2 is 2.24 bits per heavy atom. The highest BCUT2D eigenvalue weighted by Gasteiger charge is 2.31. The van der Waals surface area contributed by atoms with E-state index in [-0.39, 0.29) is 18.0 Å². The first-order chi connectivity index (χ1) is 10.2. The van der Waals surface area contributed by atoms with Crippen LogP contribution in [0.25, 0.3) is 0 Å². The van der Waals surface area contributed by atoms with Gasteiger partial charge in [-0.1, -0.05) is 35.7 Å². The summed E-state index contributed by atoms with van der Waals surface area (Å²) in [6, 6.07) is 8.22. The van der Waals surface area contributed by atoms with Gasteiger partial charge in [-0.2, -0.15) is 0 Å². The number of hydrogen-bond donors (Lipinski definition) is 0. The van der Waals surface area contributed by atoms with Gasteiger partial charge < -0.3 is 9.64 Å². The number of carbonyl (C=O) groups excluding carboxylic acids is 2. The molecule has 0 aromatic heterocycles. The topological polar surface area (TPSA) is 49.9 Å². The van der Waals surface area contributed by atoms with Gasteiger partial charge in [-0.25, -0.2) is 0 Å². The molecule has 1 aromatic rings. The van der Waals surface area contributed by atoms with Gasteiger partial charge in [-0.15, -0.1) is 0 Å². The van der Waals surface area contributed by atoms with Crippen molar-refractivity contribution in [1.82, 2.24) is 4.90 Å². The van der Waals surface area contributed by atoms with Crippen LogP contribution < -0.4 is 4.90 Å². The highest BCUT2D eigenvalue weighted by Crippen LogP contribution is 2.44. The average molecular weight is 322 g/mol. The normalized spacial score (nSPS) is 22.8. The molecule has 0 radical (unpaired) electrons. The molecule has 2 heterocycles. The number of benzene rings is 1. The first kappa shape index (κ1) is 14.3. The van der Waals surface area contributed by atoms with Crippen molar-refractivity contribution in [2.75, 3.05) is 24.4 Å². The number of nitrogens with zero attached hydrogens (tertiary/aromatic N) is 2. The molecule has 0 spiro atoms. The van der Waals surface area contributed by atoms with Crippen molar-refractivity contribution in [3.05, 3.63) is 35.4 Å². The Labute approximate surface area is 131 Å². The van der Waals surface area contributed by atoms with Crippen LogP contribution in [-0.4, -0.2) is 42.2 Å². The summed E-state index contributed by atoms with van der Waals surface area (Å²) in [7, 11) is 2.04. The van der Waals surface area contributed by atoms with Crippen LogP contribution in [0, 0.1) is 0 Å². The third-order valence-electron chi connectivity index (χ3n) is 3.34. The van der Waals surface area contributed by atoms with E-state index in [1.807, 2.05) is 25.3 Å². The van der Waals surface area contributed by atoms with Crippen LogP contribution in [0.4, 0.5) is 5.69 Å². The van der Waals surface area contributed by atoms with Crippen molar-refractivity contribution in [3.63, 3.8) is 0 Å². The lowest BCUT2D eigenvalue weighted by molar-refractivity contribution is -0.138. The van der Waals surface area contributed by atoms with Crippen molar-refractivity contribution in [1.29, 1.82) is 0 Å². The van der Waals surface area contributed by atoms with Crippen molar-refractivity contribution in [3.8, 4) is 0 Å². The first-order valence-electron chi connectivity index (χ1n) is 6.39. The van der Waals surface area contributed by atoms with Crippen molar-refractivity contribution < 1.29 is 14.3 Å². The molecule has 1 aromatic carbocycles. The molecule has 0 N–H and O–H groups in total. The fourth-order valence-electron chi connectivity index (χ4n) is 2.26. The zero-order chi connectivity index (χ0) is 14.8. The predicted octanol–water partition coefficient (Wildman–Crippen LogP) is 2.10. The lowest BCUT2D eigenvalue weighted by atomic mass is 10.3. The molecule has 110 valence electrons.